The average Bonchev–Trinajstić information content (AvgIpc) is 3.12. The van der Waals surface area contributed by atoms with E-state index < -0.39 is 0 Å². The van der Waals surface area contributed by atoms with E-state index in [0.717, 1.165) is 6.42 Å². The van der Waals surface area contributed by atoms with Gasteiger partial charge in [-0.3, -0.25) is 0 Å². The molecule has 0 heterocycles. The smallest absolute Gasteiger partial charge is 1.00 e. The van der Waals surface area contributed by atoms with Crippen molar-refractivity contribution in [3.05, 3.63) is 96.1 Å². The van der Waals surface area contributed by atoms with Gasteiger partial charge in [-0.25, -0.2) is 0 Å². The van der Waals surface area contributed by atoms with Crippen molar-refractivity contribution in [2.24, 2.45) is 5.41 Å². The number of hydrogen-bond donors (Lipinski definition) is 1. The summed E-state index contributed by atoms with van der Waals surface area (Å²) in [6.45, 7) is 6.25. The fraction of sp³-hybridized carbons (Fsp3) is 0.214. The van der Waals surface area contributed by atoms with Crippen molar-refractivity contribution in [1.29, 1.82) is 0 Å². The van der Waals surface area contributed by atoms with Crippen molar-refractivity contribution < 1.29 is 51.6 Å². The summed E-state index contributed by atoms with van der Waals surface area (Å²) in [4.78, 5) is 0. The summed E-state index contributed by atoms with van der Waals surface area (Å²) in [5.41, 5.74) is 8.21. The molecule has 0 spiro atoms. The molecule has 0 fully saturated rings. The first-order chi connectivity index (χ1) is 14.0. The molecule has 0 saturated heterocycles. The summed E-state index contributed by atoms with van der Waals surface area (Å²) < 4.78 is 0. The zero-order valence-electron chi connectivity index (χ0n) is 18.6. The standard InChI is InChI=1S/C23H15.C5H12O.2ClH.Ti/c1-2-7-17-14-19(13-12-16(17)6-1)21-10-5-11-22-20-9-4-3-8-18(20)15-23(21)22;1-5(2,3)4-6;;;/h1-13H,15H2;6H,4H2,1-3H3;2*1H;/q-1;;;;+3/p-2. The van der Waals surface area contributed by atoms with Crippen LogP contribution in [0.3, 0.4) is 0 Å². The largest absolute Gasteiger partial charge is 3.00 e. The van der Waals surface area contributed by atoms with Crippen LogP contribution >= 0.6 is 0 Å². The van der Waals surface area contributed by atoms with Gasteiger partial charge in [0.25, 0.3) is 0 Å². The monoisotopic (exact) mass is 497 g/mol. The Hall–Kier alpha value is -1.61. The molecular formula is C28H27Cl2OTi. The Morgan fingerprint density at radius 2 is 1.34 bits per heavy atom. The van der Waals surface area contributed by atoms with Crippen LogP contribution in [0.4, 0.5) is 0 Å². The van der Waals surface area contributed by atoms with Crippen LogP contribution in [-0.2, 0) is 28.1 Å². The molecular weight excluding hydrogens is 471 g/mol. The van der Waals surface area contributed by atoms with Gasteiger partial charge < -0.3 is 29.9 Å². The Morgan fingerprint density at radius 1 is 0.750 bits per heavy atom. The zero-order chi connectivity index (χ0) is 20.4. The van der Waals surface area contributed by atoms with E-state index in [-0.39, 0.29) is 58.6 Å². The van der Waals surface area contributed by atoms with E-state index in [1.165, 1.54) is 44.2 Å². The number of fused-ring (bicyclic) bond motifs is 4. The SMILES string of the molecule is CC(C)(C)CO.[Cl-].[Cl-].[Ti+3].[c-]1c(-c2cccc3c2Cc2ccccc2-3)ccc2ccccc12. The molecule has 0 saturated carbocycles. The van der Waals surface area contributed by atoms with Gasteiger partial charge in [0.15, 0.2) is 0 Å². The van der Waals surface area contributed by atoms with Crippen molar-refractivity contribution in [2.75, 3.05) is 6.61 Å². The molecule has 0 aliphatic heterocycles. The minimum atomic E-state index is 0. The minimum Gasteiger partial charge on any atom is -1.00 e. The molecule has 0 bridgehead atoms. The second-order valence-electron chi connectivity index (χ2n) is 8.84. The Kier molecular flexibility index (Phi) is 10.7. The van der Waals surface area contributed by atoms with Crippen molar-refractivity contribution in [3.8, 4) is 22.3 Å². The molecule has 1 aliphatic rings. The number of hydrogen-bond acceptors (Lipinski definition) is 1. The Bertz CT molecular complexity index is 1170. The summed E-state index contributed by atoms with van der Waals surface area (Å²) in [6.07, 6.45) is 1.02. The molecule has 0 unspecified atom stereocenters. The third-order valence-corrected chi connectivity index (χ3v) is 5.27. The quantitative estimate of drug-likeness (QED) is 0.269. The second kappa shape index (κ2) is 12.0. The number of rotatable bonds is 1. The van der Waals surface area contributed by atoms with E-state index in [0.29, 0.717) is 0 Å². The van der Waals surface area contributed by atoms with Crippen molar-refractivity contribution in [1.82, 2.24) is 0 Å². The normalized spacial score (nSPS) is 11.0. The summed E-state index contributed by atoms with van der Waals surface area (Å²) in [6, 6.07) is 31.8. The molecule has 4 aromatic carbocycles. The summed E-state index contributed by atoms with van der Waals surface area (Å²) >= 11 is 0. The van der Waals surface area contributed by atoms with E-state index in [9.17, 15) is 0 Å². The maximum Gasteiger partial charge on any atom is 3.00 e. The van der Waals surface area contributed by atoms with Gasteiger partial charge >= 0.3 is 21.7 Å². The fourth-order valence-electron chi connectivity index (χ4n) is 3.68. The summed E-state index contributed by atoms with van der Waals surface area (Å²) in [7, 11) is 0. The molecule has 1 radical (unpaired) electrons. The topological polar surface area (TPSA) is 20.2 Å². The summed E-state index contributed by atoms with van der Waals surface area (Å²) in [5, 5.41) is 10.8. The minimum absolute atomic E-state index is 0. The second-order valence-corrected chi connectivity index (χ2v) is 8.84. The van der Waals surface area contributed by atoms with Crippen LogP contribution in [0.15, 0.2) is 78.9 Å². The van der Waals surface area contributed by atoms with E-state index in [4.69, 9.17) is 5.11 Å². The first-order valence-electron chi connectivity index (χ1n) is 10.2. The number of aliphatic hydroxyl groups is 1. The third-order valence-electron chi connectivity index (χ3n) is 5.27. The number of aliphatic hydroxyl groups excluding tert-OH is 1. The maximum absolute atomic E-state index is 8.40. The van der Waals surface area contributed by atoms with E-state index in [2.05, 4.69) is 84.9 Å². The van der Waals surface area contributed by atoms with Gasteiger partial charge in [0.1, 0.15) is 0 Å². The molecule has 0 amide bonds. The van der Waals surface area contributed by atoms with E-state index >= 15 is 0 Å². The predicted molar refractivity (Wildman–Crippen MR) is 123 cm³/mol. The van der Waals surface area contributed by atoms with Crippen LogP contribution in [0.5, 0.6) is 0 Å². The van der Waals surface area contributed by atoms with Crippen LogP contribution in [0.25, 0.3) is 33.0 Å². The average molecular weight is 498 g/mol. The Balaban J connectivity index is 0.000000511. The van der Waals surface area contributed by atoms with Gasteiger partial charge in [0.05, 0.1) is 0 Å². The molecule has 1 N–H and O–H groups in total. The molecule has 163 valence electrons. The number of benzene rings is 4. The van der Waals surface area contributed by atoms with Crippen LogP contribution in [0.2, 0.25) is 0 Å². The van der Waals surface area contributed by atoms with E-state index in [1.807, 2.05) is 20.8 Å². The molecule has 32 heavy (non-hydrogen) atoms. The summed E-state index contributed by atoms with van der Waals surface area (Å²) in [5.74, 6) is 0. The first-order valence-corrected chi connectivity index (χ1v) is 10.2. The molecule has 1 nitrogen and oxygen atoms in total. The van der Waals surface area contributed by atoms with Crippen LogP contribution in [-0.4, -0.2) is 11.7 Å². The van der Waals surface area contributed by atoms with Gasteiger partial charge in [-0.1, -0.05) is 97.9 Å². The van der Waals surface area contributed by atoms with Crippen molar-refractivity contribution in [2.45, 2.75) is 27.2 Å². The Labute approximate surface area is 219 Å². The van der Waals surface area contributed by atoms with E-state index in [1.54, 1.807) is 0 Å². The van der Waals surface area contributed by atoms with Gasteiger partial charge in [-0.15, -0.1) is 35.2 Å². The predicted octanol–water partition coefficient (Wildman–Crippen LogP) is 0.908. The van der Waals surface area contributed by atoms with Crippen LogP contribution in [0.1, 0.15) is 31.9 Å². The van der Waals surface area contributed by atoms with Crippen molar-refractivity contribution in [3.63, 3.8) is 0 Å². The Morgan fingerprint density at radius 3 is 2.06 bits per heavy atom. The van der Waals surface area contributed by atoms with Crippen LogP contribution < -0.4 is 24.8 Å². The third kappa shape index (κ3) is 6.25. The molecule has 0 atom stereocenters. The van der Waals surface area contributed by atoms with Gasteiger partial charge in [-0.05, 0) is 28.5 Å². The molecule has 5 rings (SSSR count). The van der Waals surface area contributed by atoms with Crippen molar-refractivity contribution >= 4 is 10.8 Å². The van der Waals surface area contributed by atoms with Gasteiger partial charge in [-0.2, -0.15) is 0 Å². The maximum atomic E-state index is 8.40. The van der Waals surface area contributed by atoms with Crippen LogP contribution in [0, 0.1) is 11.5 Å². The zero-order valence-corrected chi connectivity index (χ0v) is 21.7. The molecule has 4 heteroatoms. The molecule has 1 aliphatic carbocycles. The first kappa shape index (κ1) is 28.4. The van der Waals surface area contributed by atoms with Gasteiger partial charge in [0.2, 0.25) is 0 Å². The number of halogens is 2. The van der Waals surface area contributed by atoms with Gasteiger partial charge in [0, 0.05) is 6.61 Å². The fourth-order valence-corrected chi connectivity index (χ4v) is 3.68. The molecule has 4 aromatic rings. The molecule has 0 aromatic heterocycles.